The number of carbonyl (C=O) groups is 1. The minimum absolute atomic E-state index is 0.247. The number of anilines is 1. The molecule has 1 aromatic carbocycles. The molecule has 0 spiro atoms. The van der Waals surface area contributed by atoms with Crippen molar-refractivity contribution in [3.8, 4) is 10.6 Å². The summed E-state index contributed by atoms with van der Waals surface area (Å²) in [6.07, 6.45) is 0. The number of nitrogens with zero attached hydrogens (tertiary/aromatic N) is 2. The quantitative estimate of drug-likeness (QED) is 0.804. The minimum atomic E-state index is -0.479. The highest BCUT2D eigenvalue weighted by Gasteiger charge is 2.26. The van der Waals surface area contributed by atoms with Gasteiger partial charge in [-0.15, -0.1) is 0 Å². The maximum absolute atomic E-state index is 14.0. The smallest absolute Gasteiger partial charge is 0.360 e. The molecule has 7 heteroatoms. The number of carbonyl (C=O) groups excluding carboxylic acids is 1. The fourth-order valence-corrected chi connectivity index (χ4v) is 3.51. The molecule has 0 unspecified atom stereocenters. The molecule has 23 heavy (non-hydrogen) atoms. The third-order valence-corrected chi connectivity index (χ3v) is 4.63. The maximum Gasteiger partial charge on any atom is 0.360 e. The van der Waals surface area contributed by atoms with Crippen LogP contribution in [0.15, 0.2) is 24.3 Å². The van der Waals surface area contributed by atoms with Crippen LogP contribution in [0.1, 0.15) is 17.4 Å². The van der Waals surface area contributed by atoms with Gasteiger partial charge in [-0.2, -0.15) is 0 Å². The molecule has 1 fully saturated rings. The van der Waals surface area contributed by atoms with E-state index in [9.17, 15) is 9.18 Å². The molecule has 0 N–H and O–H groups in total. The Labute approximate surface area is 137 Å². The van der Waals surface area contributed by atoms with Crippen LogP contribution in [0.5, 0.6) is 0 Å². The molecule has 0 amide bonds. The van der Waals surface area contributed by atoms with Gasteiger partial charge in [0.15, 0.2) is 5.69 Å². The summed E-state index contributed by atoms with van der Waals surface area (Å²) in [6, 6.07) is 6.42. The first kappa shape index (κ1) is 15.9. The molecule has 1 saturated heterocycles. The van der Waals surface area contributed by atoms with E-state index in [0.717, 1.165) is 0 Å². The summed E-state index contributed by atoms with van der Waals surface area (Å²) in [5.74, 6) is -0.835. The second-order valence-electron chi connectivity index (χ2n) is 4.97. The van der Waals surface area contributed by atoms with Gasteiger partial charge in [-0.1, -0.05) is 23.5 Å². The Kier molecular flexibility index (Phi) is 4.88. The van der Waals surface area contributed by atoms with E-state index >= 15 is 0 Å². The summed E-state index contributed by atoms with van der Waals surface area (Å²) < 4.78 is 24.5. The van der Waals surface area contributed by atoms with E-state index in [-0.39, 0.29) is 18.1 Å². The highest BCUT2D eigenvalue weighted by atomic mass is 32.1. The van der Waals surface area contributed by atoms with Crippen LogP contribution >= 0.6 is 11.3 Å². The van der Waals surface area contributed by atoms with Crippen molar-refractivity contribution < 1.29 is 18.7 Å². The fourth-order valence-electron chi connectivity index (χ4n) is 2.38. The second kappa shape index (κ2) is 7.06. The van der Waals surface area contributed by atoms with Crippen LogP contribution in [0.3, 0.4) is 0 Å². The number of ether oxygens (including phenoxy) is 2. The van der Waals surface area contributed by atoms with Crippen molar-refractivity contribution in [1.29, 1.82) is 0 Å². The predicted octanol–water partition coefficient (Wildman–Crippen LogP) is 2.96. The van der Waals surface area contributed by atoms with Crippen LogP contribution in [0.2, 0.25) is 0 Å². The number of hydrogen-bond donors (Lipinski definition) is 0. The van der Waals surface area contributed by atoms with Crippen molar-refractivity contribution in [3.05, 3.63) is 35.8 Å². The van der Waals surface area contributed by atoms with Crippen molar-refractivity contribution in [3.63, 3.8) is 0 Å². The molecule has 122 valence electrons. The topological polar surface area (TPSA) is 51.7 Å². The Morgan fingerprint density at radius 1 is 1.39 bits per heavy atom. The average Bonchev–Trinajstić information content (AvgIpc) is 3.01. The zero-order valence-electron chi connectivity index (χ0n) is 12.8. The second-order valence-corrected chi connectivity index (χ2v) is 5.95. The van der Waals surface area contributed by atoms with Gasteiger partial charge in [0.2, 0.25) is 0 Å². The number of thiazole rings is 1. The van der Waals surface area contributed by atoms with Crippen molar-refractivity contribution >= 4 is 22.3 Å². The van der Waals surface area contributed by atoms with Crippen LogP contribution in [0.25, 0.3) is 10.6 Å². The normalized spacial score (nSPS) is 14.8. The van der Waals surface area contributed by atoms with Crippen molar-refractivity contribution in [2.45, 2.75) is 6.92 Å². The number of rotatable bonds is 4. The molecule has 0 aliphatic carbocycles. The van der Waals surface area contributed by atoms with E-state index in [1.54, 1.807) is 25.1 Å². The van der Waals surface area contributed by atoms with E-state index in [4.69, 9.17) is 9.47 Å². The number of aromatic nitrogens is 1. The van der Waals surface area contributed by atoms with Crippen molar-refractivity contribution in [1.82, 2.24) is 4.98 Å². The Hall–Kier alpha value is -1.99. The summed E-state index contributed by atoms with van der Waals surface area (Å²) in [5, 5.41) is 1.19. The molecule has 3 rings (SSSR count). The van der Waals surface area contributed by atoms with Crippen molar-refractivity contribution in [2.75, 3.05) is 37.8 Å². The zero-order valence-corrected chi connectivity index (χ0v) is 13.6. The summed E-state index contributed by atoms with van der Waals surface area (Å²) in [6.45, 7) is 4.55. The predicted molar refractivity (Wildman–Crippen MR) is 86.5 cm³/mol. The van der Waals surface area contributed by atoms with Gasteiger partial charge in [-0.05, 0) is 19.1 Å². The van der Waals surface area contributed by atoms with Crippen LogP contribution in [-0.4, -0.2) is 43.9 Å². The molecule has 1 aliphatic heterocycles. The fraction of sp³-hybridized carbons (Fsp3) is 0.375. The average molecular weight is 336 g/mol. The lowest BCUT2D eigenvalue weighted by molar-refractivity contribution is 0.0520. The van der Waals surface area contributed by atoms with Gasteiger partial charge in [-0.25, -0.2) is 14.2 Å². The third kappa shape index (κ3) is 3.35. The van der Waals surface area contributed by atoms with Crippen molar-refractivity contribution in [2.24, 2.45) is 0 Å². The van der Waals surface area contributed by atoms with Gasteiger partial charge in [0, 0.05) is 18.7 Å². The first-order chi connectivity index (χ1) is 11.2. The highest BCUT2D eigenvalue weighted by molar-refractivity contribution is 7.19. The molecular weight excluding hydrogens is 319 g/mol. The van der Waals surface area contributed by atoms with E-state index in [1.165, 1.54) is 17.4 Å². The molecule has 1 aliphatic rings. The lowest BCUT2D eigenvalue weighted by Gasteiger charge is -2.27. The monoisotopic (exact) mass is 336 g/mol. The standard InChI is InChI=1S/C16H17FN2O3S/c1-2-22-16(20)13-15(19-7-9-21-10-8-19)23-14(18-13)11-5-3-4-6-12(11)17/h3-6H,2,7-10H2,1H3. The first-order valence-corrected chi connectivity index (χ1v) is 8.28. The Bertz CT molecular complexity index is 698. The first-order valence-electron chi connectivity index (χ1n) is 7.46. The zero-order chi connectivity index (χ0) is 16.2. The Morgan fingerprint density at radius 2 is 2.13 bits per heavy atom. The number of benzene rings is 1. The lowest BCUT2D eigenvalue weighted by Crippen LogP contribution is -2.36. The molecule has 0 radical (unpaired) electrons. The number of esters is 1. The number of hydrogen-bond acceptors (Lipinski definition) is 6. The number of halogens is 1. The van der Waals surface area contributed by atoms with Gasteiger partial charge in [0.1, 0.15) is 15.8 Å². The Morgan fingerprint density at radius 3 is 2.83 bits per heavy atom. The molecular formula is C16H17FN2O3S. The van der Waals surface area contributed by atoms with Gasteiger partial charge in [0.05, 0.1) is 19.8 Å². The molecule has 5 nitrogen and oxygen atoms in total. The molecule has 1 aromatic heterocycles. The maximum atomic E-state index is 14.0. The summed E-state index contributed by atoms with van der Waals surface area (Å²) in [7, 11) is 0. The largest absolute Gasteiger partial charge is 0.461 e. The SMILES string of the molecule is CCOC(=O)c1nc(-c2ccccc2F)sc1N1CCOCC1. The molecule has 0 bridgehead atoms. The van der Waals surface area contributed by atoms with Gasteiger partial charge in [-0.3, -0.25) is 0 Å². The third-order valence-electron chi connectivity index (χ3n) is 3.48. The minimum Gasteiger partial charge on any atom is -0.461 e. The van der Waals surface area contributed by atoms with Crippen LogP contribution in [0.4, 0.5) is 9.39 Å². The van der Waals surface area contributed by atoms with E-state index in [2.05, 4.69) is 4.98 Å². The molecule has 0 atom stereocenters. The molecule has 2 aromatic rings. The molecule has 2 heterocycles. The van der Waals surface area contributed by atoms with Gasteiger partial charge < -0.3 is 14.4 Å². The lowest BCUT2D eigenvalue weighted by atomic mass is 10.2. The van der Waals surface area contributed by atoms with Gasteiger partial charge >= 0.3 is 5.97 Å². The number of morpholine rings is 1. The van der Waals surface area contributed by atoms with E-state index in [0.29, 0.717) is 41.9 Å². The van der Waals surface area contributed by atoms with Crippen LogP contribution in [0, 0.1) is 5.82 Å². The van der Waals surface area contributed by atoms with Gasteiger partial charge in [0.25, 0.3) is 0 Å². The van der Waals surface area contributed by atoms with E-state index < -0.39 is 5.97 Å². The summed E-state index contributed by atoms with van der Waals surface area (Å²) >= 11 is 1.31. The summed E-state index contributed by atoms with van der Waals surface area (Å²) in [5.41, 5.74) is 0.638. The molecule has 0 saturated carbocycles. The van der Waals surface area contributed by atoms with Crippen LogP contribution < -0.4 is 4.90 Å². The van der Waals surface area contributed by atoms with Crippen LogP contribution in [-0.2, 0) is 9.47 Å². The Balaban J connectivity index is 2.02. The van der Waals surface area contributed by atoms with E-state index in [1.807, 2.05) is 4.90 Å². The summed E-state index contributed by atoms with van der Waals surface area (Å²) in [4.78, 5) is 18.6. The highest BCUT2D eigenvalue weighted by Crippen LogP contribution is 2.36.